The average molecular weight is 309 g/mol. The molecule has 0 spiro atoms. The lowest BCUT2D eigenvalue weighted by Gasteiger charge is -2.11. The van der Waals surface area contributed by atoms with Gasteiger partial charge in [0.1, 0.15) is 5.75 Å². The molecule has 0 aliphatic heterocycles. The third-order valence-electron chi connectivity index (χ3n) is 2.18. The maximum Gasteiger partial charge on any atom is 0.229 e. The van der Waals surface area contributed by atoms with E-state index in [1.807, 2.05) is 31.2 Å². The Labute approximate surface area is 126 Å². The van der Waals surface area contributed by atoms with Crippen LogP contribution in [0.5, 0.6) is 5.75 Å². The molecule has 1 unspecified atom stereocenters. The van der Waals surface area contributed by atoms with Crippen LogP contribution < -0.4 is 4.74 Å². The van der Waals surface area contributed by atoms with Crippen molar-refractivity contribution in [3.8, 4) is 5.75 Å². The third kappa shape index (κ3) is 7.19. The normalized spacial score (nSPS) is 10.2. The molecule has 0 fully saturated rings. The molecule has 0 heterocycles. The quantitative estimate of drug-likeness (QED) is 0.648. The lowest BCUT2D eigenvalue weighted by molar-refractivity contribution is -0.113. The third-order valence-corrected chi connectivity index (χ3v) is 2.44. The Bertz CT molecular complexity index is 333. The van der Waals surface area contributed by atoms with Gasteiger partial charge < -0.3 is 4.74 Å². The van der Waals surface area contributed by atoms with Gasteiger partial charge in [0.15, 0.2) is 0 Å². The van der Waals surface area contributed by atoms with Crippen LogP contribution in [0.15, 0.2) is 24.3 Å². The van der Waals surface area contributed by atoms with E-state index in [4.69, 9.17) is 16.3 Å². The van der Waals surface area contributed by atoms with Crippen molar-refractivity contribution in [2.45, 2.75) is 19.3 Å². The maximum absolute atomic E-state index is 11.1. The Kier molecular flexibility index (Phi) is 14.6. The van der Waals surface area contributed by atoms with Crippen molar-refractivity contribution in [3.05, 3.63) is 29.8 Å². The van der Waals surface area contributed by atoms with Crippen LogP contribution in [0.2, 0.25) is 0 Å². The largest absolute Gasteiger partial charge is 0.497 e. The summed E-state index contributed by atoms with van der Waals surface area (Å²) in [6, 6.07) is 7.43. The number of carbonyl (C=O) groups is 1. The molecule has 1 aromatic rings. The van der Waals surface area contributed by atoms with Crippen LogP contribution in [0.25, 0.3) is 0 Å². The van der Waals surface area contributed by atoms with Crippen molar-refractivity contribution in [1.82, 2.24) is 0 Å². The second-order valence-electron chi connectivity index (χ2n) is 3.04. The highest BCUT2D eigenvalue weighted by atomic mass is 35.5. The summed E-state index contributed by atoms with van der Waals surface area (Å²) in [5.74, 6) is 0.519. The first-order chi connectivity index (χ1) is 8.69. The number of ether oxygens (including phenoxy) is 1. The first kappa shape index (κ1) is 20.0. The summed E-state index contributed by atoms with van der Waals surface area (Å²) in [5.41, 5.74) is 0.909. The number of thiol groups is 2. The van der Waals surface area contributed by atoms with Gasteiger partial charge in [-0.25, -0.2) is 0 Å². The van der Waals surface area contributed by atoms with Crippen LogP contribution in [0.3, 0.4) is 0 Å². The van der Waals surface area contributed by atoms with Gasteiger partial charge in [-0.2, -0.15) is 25.3 Å². The zero-order valence-electron chi connectivity index (χ0n) is 11.2. The Hall–Kier alpha value is -0.320. The van der Waals surface area contributed by atoms with Crippen molar-refractivity contribution >= 4 is 42.1 Å². The zero-order valence-corrected chi connectivity index (χ0v) is 13.7. The highest BCUT2D eigenvalue weighted by molar-refractivity contribution is 7.79. The summed E-state index contributed by atoms with van der Waals surface area (Å²) < 4.78 is 5.07. The van der Waals surface area contributed by atoms with Crippen molar-refractivity contribution in [2.24, 2.45) is 0 Å². The summed E-state index contributed by atoms with van der Waals surface area (Å²) in [4.78, 5) is 11.1. The summed E-state index contributed by atoms with van der Waals surface area (Å²) in [5, 5.41) is -0.319. The van der Waals surface area contributed by atoms with Gasteiger partial charge in [-0.3, -0.25) is 4.79 Å². The fourth-order valence-electron chi connectivity index (χ4n) is 1.39. The molecular formula is C13H21ClO2S2. The molecule has 0 bridgehead atoms. The standard InChI is InChI=1S/C11H13ClO2.2CH4S/c1-3-10(11(12)13)8-5-4-6-9(7-8)14-2;2*1-2/h4-7,10H,3H2,1-2H3;2*2H,1H3. The van der Waals surface area contributed by atoms with Gasteiger partial charge in [0.2, 0.25) is 5.24 Å². The van der Waals surface area contributed by atoms with Gasteiger partial charge in [-0.1, -0.05) is 19.1 Å². The van der Waals surface area contributed by atoms with Crippen LogP contribution in [0, 0.1) is 0 Å². The van der Waals surface area contributed by atoms with E-state index in [9.17, 15) is 4.79 Å². The molecule has 0 aromatic heterocycles. The predicted molar refractivity (Wildman–Crippen MR) is 86.7 cm³/mol. The number of hydrogen-bond acceptors (Lipinski definition) is 4. The number of halogens is 1. The molecule has 5 heteroatoms. The molecule has 0 N–H and O–H groups in total. The molecule has 1 aromatic carbocycles. The van der Waals surface area contributed by atoms with E-state index in [1.165, 1.54) is 0 Å². The molecule has 1 rings (SSSR count). The molecule has 0 aliphatic carbocycles. The fraction of sp³-hybridized carbons (Fsp3) is 0.462. The molecule has 0 radical (unpaired) electrons. The van der Waals surface area contributed by atoms with Crippen LogP contribution >= 0.6 is 36.9 Å². The Morgan fingerprint density at radius 3 is 2.28 bits per heavy atom. The second-order valence-corrected chi connectivity index (χ2v) is 3.41. The zero-order chi connectivity index (χ0) is 14.6. The summed E-state index contributed by atoms with van der Waals surface area (Å²) in [7, 11) is 1.60. The van der Waals surface area contributed by atoms with E-state index >= 15 is 0 Å². The number of rotatable bonds is 4. The van der Waals surface area contributed by atoms with Gasteiger partial charge >= 0.3 is 0 Å². The van der Waals surface area contributed by atoms with Crippen LogP contribution in [0.4, 0.5) is 0 Å². The van der Waals surface area contributed by atoms with E-state index in [-0.39, 0.29) is 11.2 Å². The molecule has 104 valence electrons. The molecule has 0 saturated carbocycles. The summed E-state index contributed by atoms with van der Waals surface area (Å²) >= 11 is 12.5. The van der Waals surface area contributed by atoms with E-state index in [2.05, 4.69) is 25.3 Å². The molecule has 18 heavy (non-hydrogen) atoms. The average Bonchev–Trinajstić information content (AvgIpc) is 2.44. The molecule has 2 nitrogen and oxygen atoms in total. The molecule has 0 amide bonds. The van der Waals surface area contributed by atoms with Gasteiger partial charge in [0, 0.05) is 0 Å². The maximum atomic E-state index is 11.1. The van der Waals surface area contributed by atoms with Crippen LogP contribution in [0.1, 0.15) is 24.8 Å². The number of carbonyl (C=O) groups excluding carboxylic acids is 1. The minimum absolute atomic E-state index is 0.230. The van der Waals surface area contributed by atoms with E-state index in [1.54, 1.807) is 19.6 Å². The van der Waals surface area contributed by atoms with Gasteiger partial charge in [-0.05, 0) is 48.2 Å². The van der Waals surface area contributed by atoms with Crippen molar-refractivity contribution < 1.29 is 9.53 Å². The smallest absolute Gasteiger partial charge is 0.229 e. The van der Waals surface area contributed by atoms with Gasteiger partial charge in [0.05, 0.1) is 13.0 Å². The Morgan fingerprint density at radius 2 is 1.89 bits per heavy atom. The highest BCUT2D eigenvalue weighted by Crippen LogP contribution is 2.25. The minimum Gasteiger partial charge on any atom is -0.497 e. The van der Waals surface area contributed by atoms with Crippen LogP contribution in [-0.2, 0) is 4.79 Å². The minimum atomic E-state index is -0.319. The fourth-order valence-corrected chi connectivity index (χ4v) is 1.67. The highest BCUT2D eigenvalue weighted by Gasteiger charge is 2.16. The number of hydrogen-bond donors (Lipinski definition) is 2. The molecule has 1 atom stereocenters. The van der Waals surface area contributed by atoms with E-state index in [0.29, 0.717) is 6.42 Å². The molecule has 0 aliphatic rings. The predicted octanol–water partition coefficient (Wildman–Crippen LogP) is 4.05. The van der Waals surface area contributed by atoms with Crippen molar-refractivity contribution in [3.63, 3.8) is 0 Å². The first-order valence-electron chi connectivity index (χ1n) is 5.41. The second kappa shape index (κ2) is 13.1. The molecule has 0 saturated heterocycles. The SMILES string of the molecule is CCC(C(=O)Cl)c1cccc(OC)c1.CS.CS. The van der Waals surface area contributed by atoms with Gasteiger partial charge in [0.25, 0.3) is 0 Å². The summed E-state index contributed by atoms with van der Waals surface area (Å²) in [6.45, 7) is 1.93. The molecular weight excluding hydrogens is 288 g/mol. The lowest BCUT2D eigenvalue weighted by atomic mass is 9.98. The number of methoxy groups -OCH3 is 1. The van der Waals surface area contributed by atoms with Crippen LogP contribution in [-0.4, -0.2) is 24.9 Å². The first-order valence-corrected chi connectivity index (χ1v) is 7.58. The van der Waals surface area contributed by atoms with E-state index < -0.39 is 0 Å². The number of benzene rings is 1. The monoisotopic (exact) mass is 308 g/mol. The van der Waals surface area contributed by atoms with Gasteiger partial charge in [-0.15, -0.1) is 0 Å². The lowest BCUT2D eigenvalue weighted by Crippen LogP contribution is -2.05. The summed E-state index contributed by atoms with van der Waals surface area (Å²) in [6.07, 6.45) is 4.09. The van der Waals surface area contributed by atoms with Crippen molar-refractivity contribution in [2.75, 3.05) is 19.6 Å². The topological polar surface area (TPSA) is 26.3 Å². The van der Waals surface area contributed by atoms with Crippen molar-refractivity contribution in [1.29, 1.82) is 0 Å². The Morgan fingerprint density at radius 1 is 1.33 bits per heavy atom. The van der Waals surface area contributed by atoms with E-state index in [0.717, 1.165) is 11.3 Å². The Balaban J connectivity index is 0.